The van der Waals surface area contributed by atoms with Crippen molar-refractivity contribution in [2.45, 2.75) is 17.9 Å². The first kappa shape index (κ1) is 18.2. The molecule has 0 aliphatic carbocycles. The normalized spacial score (nSPS) is 13.8. The van der Waals surface area contributed by atoms with Gasteiger partial charge >= 0.3 is 0 Å². The number of fused-ring (bicyclic) bond motifs is 1. The van der Waals surface area contributed by atoms with Gasteiger partial charge in [0, 0.05) is 29.8 Å². The standard InChI is InChI=1S/C19H16FN3O4S/c20-16-6-1-2-7-18(16)28(25,26)22-15-5-3-4-13(10-15)19(24)23-9-8-17-14(12-23)11-21-27-17/h1-7,10-11,22H,8-9,12H2. The van der Waals surface area contributed by atoms with Crippen molar-refractivity contribution >= 4 is 21.6 Å². The second-order valence-corrected chi connectivity index (χ2v) is 8.02. The third kappa shape index (κ3) is 3.48. The number of benzene rings is 2. The van der Waals surface area contributed by atoms with Crippen LogP contribution in [0.3, 0.4) is 0 Å². The second kappa shape index (κ2) is 7.08. The molecule has 1 amide bonds. The molecule has 28 heavy (non-hydrogen) atoms. The lowest BCUT2D eigenvalue weighted by Crippen LogP contribution is -2.35. The van der Waals surface area contributed by atoms with Crippen LogP contribution in [0, 0.1) is 5.82 Å². The first-order chi connectivity index (χ1) is 13.4. The Bertz CT molecular complexity index is 1140. The van der Waals surface area contributed by atoms with Gasteiger partial charge in [-0.2, -0.15) is 0 Å². The summed E-state index contributed by atoms with van der Waals surface area (Å²) >= 11 is 0. The molecule has 0 saturated carbocycles. The molecule has 2 heterocycles. The molecule has 0 unspecified atom stereocenters. The molecular formula is C19H16FN3O4S. The zero-order valence-corrected chi connectivity index (χ0v) is 15.4. The van der Waals surface area contributed by atoms with Crippen LogP contribution in [-0.4, -0.2) is 30.9 Å². The summed E-state index contributed by atoms with van der Waals surface area (Å²) in [6.45, 7) is 0.856. The van der Waals surface area contributed by atoms with Crippen LogP contribution in [0.5, 0.6) is 0 Å². The summed E-state index contributed by atoms with van der Waals surface area (Å²) in [6.07, 6.45) is 2.16. The minimum Gasteiger partial charge on any atom is -0.361 e. The molecule has 0 atom stereocenters. The van der Waals surface area contributed by atoms with E-state index in [1.807, 2.05) is 0 Å². The maximum Gasteiger partial charge on any atom is 0.264 e. The summed E-state index contributed by atoms with van der Waals surface area (Å²) in [5.74, 6) is -0.311. The summed E-state index contributed by atoms with van der Waals surface area (Å²) < 4.78 is 46.2. The average molecular weight is 401 g/mol. The molecule has 1 aliphatic rings. The predicted molar refractivity (Wildman–Crippen MR) is 98.6 cm³/mol. The van der Waals surface area contributed by atoms with Crippen molar-refractivity contribution in [2.75, 3.05) is 11.3 Å². The molecule has 7 nitrogen and oxygen atoms in total. The van der Waals surface area contributed by atoms with Crippen molar-refractivity contribution in [2.24, 2.45) is 0 Å². The topological polar surface area (TPSA) is 92.5 Å². The molecular weight excluding hydrogens is 385 g/mol. The van der Waals surface area contributed by atoms with E-state index >= 15 is 0 Å². The fraction of sp³-hybridized carbons (Fsp3) is 0.158. The Kier molecular flexibility index (Phi) is 4.60. The van der Waals surface area contributed by atoms with Crippen LogP contribution in [0.1, 0.15) is 21.7 Å². The first-order valence-electron chi connectivity index (χ1n) is 8.53. The molecule has 0 spiro atoms. The van der Waals surface area contributed by atoms with Crippen molar-refractivity contribution < 1.29 is 22.1 Å². The zero-order valence-electron chi connectivity index (χ0n) is 14.6. The highest BCUT2D eigenvalue weighted by atomic mass is 32.2. The Labute approximate surface area is 160 Å². The number of rotatable bonds is 4. The molecule has 0 radical (unpaired) electrons. The number of carbonyl (C=O) groups is 1. The van der Waals surface area contributed by atoms with Crippen molar-refractivity contribution in [3.05, 3.63) is 77.4 Å². The largest absolute Gasteiger partial charge is 0.361 e. The number of hydrogen-bond acceptors (Lipinski definition) is 5. The monoisotopic (exact) mass is 401 g/mol. The number of nitrogens with zero attached hydrogens (tertiary/aromatic N) is 2. The van der Waals surface area contributed by atoms with Crippen LogP contribution in [0.25, 0.3) is 0 Å². The van der Waals surface area contributed by atoms with E-state index in [-0.39, 0.29) is 11.6 Å². The van der Waals surface area contributed by atoms with E-state index in [2.05, 4.69) is 9.88 Å². The van der Waals surface area contributed by atoms with Crippen LogP contribution < -0.4 is 4.72 Å². The van der Waals surface area contributed by atoms with Gasteiger partial charge in [0.2, 0.25) is 0 Å². The lowest BCUT2D eigenvalue weighted by atomic mass is 10.1. The van der Waals surface area contributed by atoms with E-state index in [1.54, 1.807) is 23.2 Å². The summed E-state index contributed by atoms with van der Waals surface area (Å²) in [5, 5.41) is 3.74. The van der Waals surface area contributed by atoms with Crippen LogP contribution in [-0.2, 0) is 23.0 Å². The Morgan fingerprint density at radius 2 is 2.00 bits per heavy atom. The summed E-state index contributed by atoms with van der Waals surface area (Å²) in [7, 11) is -4.11. The molecule has 1 N–H and O–H groups in total. The minimum absolute atomic E-state index is 0.178. The summed E-state index contributed by atoms with van der Waals surface area (Å²) in [4.78, 5) is 14.0. The van der Waals surface area contributed by atoms with Crippen molar-refractivity contribution in [3.63, 3.8) is 0 Å². The van der Waals surface area contributed by atoms with Gasteiger partial charge in [0.05, 0.1) is 12.7 Å². The number of aromatic nitrogens is 1. The van der Waals surface area contributed by atoms with Crippen molar-refractivity contribution in [1.82, 2.24) is 10.1 Å². The highest BCUT2D eigenvalue weighted by Gasteiger charge is 2.25. The van der Waals surface area contributed by atoms with Gasteiger partial charge in [-0.05, 0) is 30.3 Å². The molecule has 0 bridgehead atoms. The van der Waals surface area contributed by atoms with Crippen LogP contribution in [0.15, 0.2) is 64.1 Å². The molecule has 3 aromatic rings. The molecule has 9 heteroatoms. The van der Waals surface area contributed by atoms with E-state index < -0.39 is 20.7 Å². The molecule has 144 valence electrons. The van der Waals surface area contributed by atoms with Crippen LogP contribution >= 0.6 is 0 Å². The number of nitrogens with one attached hydrogen (secondary N) is 1. The fourth-order valence-corrected chi connectivity index (χ4v) is 4.21. The van der Waals surface area contributed by atoms with E-state index in [0.29, 0.717) is 25.1 Å². The van der Waals surface area contributed by atoms with Gasteiger partial charge in [-0.3, -0.25) is 9.52 Å². The maximum absolute atomic E-state index is 13.8. The number of amides is 1. The fourth-order valence-electron chi connectivity index (χ4n) is 3.09. The third-order valence-corrected chi connectivity index (χ3v) is 5.89. The van der Waals surface area contributed by atoms with Gasteiger partial charge in [-0.1, -0.05) is 23.4 Å². The van der Waals surface area contributed by atoms with Gasteiger partial charge in [0.15, 0.2) is 0 Å². The van der Waals surface area contributed by atoms with Crippen molar-refractivity contribution in [3.8, 4) is 0 Å². The quantitative estimate of drug-likeness (QED) is 0.726. The number of carbonyl (C=O) groups excluding carboxylic acids is 1. The van der Waals surface area contributed by atoms with Gasteiger partial charge in [-0.25, -0.2) is 12.8 Å². The zero-order chi connectivity index (χ0) is 19.7. The molecule has 4 rings (SSSR count). The van der Waals surface area contributed by atoms with Crippen LogP contribution in [0.2, 0.25) is 0 Å². The minimum atomic E-state index is -4.11. The van der Waals surface area contributed by atoms with Crippen LogP contribution in [0.4, 0.5) is 10.1 Å². The lowest BCUT2D eigenvalue weighted by Gasteiger charge is -2.25. The Morgan fingerprint density at radius 3 is 2.82 bits per heavy atom. The molecule has 0 saturated heterocycles. The lowest BCUT2D eigenvalue weighted by molar-refractivity contribution is 0.0729. The van der Waals surface area contributed by atoms with Gasteiger partial charge in [-0.15, -0.1) is 0 Å². The first-order valence-corrected chi connectivity index (χ1v) is 10.0. The van der Waals surface area contributed by atoms with E-state index in [1.165, 1.54) is 30.3 Å². The third-order valence-electron chi connectivity index (χ3n) is 4.47. The second-order valence-electron chi connectivity index (χ2n) is 6.37. The highest BCUT2D eigenvalue weighted by molar-refractivity contribution is 7.92. The average Bonchev–Trinajstić information content (AvgIpc) is 3.15. The summed E-state index contributed by atoms with van der Waals surface area (Å²) in [5.41, 5.74) is 1.36. The highest BCUT2D eigenvalue weighted by Crippen LogP contribution is 2.23. The van der Waals surface area contributed by atoms with Crippen molar-refractivity contribution in [1.29, 1.82) is 0 Å². The van der Waals surface area contributed by atoms with Gasteiger partial charge < -0.3 is 9.42 Å². The van der Waals surface area contributed by atoms with E-state index in [0.717, 1.165) is 17.4 Å². The van der Waals surface area contributed by atoms with E-state index in [9.17, 15) is 17.6 Å². The molecule has 2 aromatic carbocycles. The number of hydrogen-bond donors (Lipinski definition) is 1. The molecule has 1 aliphatic heterocycles. The summed E-state index contributed by atoms with van der Waals surface area (Å²) in [6, 6.07) is 11.2. The molecule has 1 aromatic heterocycles. The Morgan fingerprint density at radius 1 is 1.18 bits per heavy atom. The smallest absolute Gasteiger partial charge is 0.264 e. The SMILES string of the molecule is O=C(c1cccc(NS(=O)(=O)c2ccccc2F)c1)N1CCc2oncc2C1. The number of anilines is 1. The maximum atomic E-state index is 13.8. The van der Waals surface area contributed by atoms with E-state index in [4.69, 9.17) is 4.52 Å². The Hall–Kier alpha value is -3.20. The van der Waals surface area contributed by atoms with Gasteiger partial charge in [0.1, 0.15) is 16.5 Å². The predicted octanol–water partition coefficient (Wildman–Crippen LogP) is 2.81. The van der Waals surface area contributed by atoms with Gasteiger partial charge in [0.25, 0.3) is 15.9 Å². The molecule has 0 fully saturated rings. The number of sulfonamides is 1. The Balaban J connectivity index is 1.55. The number of halogens is 1.